The predicted molar refractivity (Wildman–Crippen MR) is 55.6 cm³/mol. The first-order chi connectivity index (χ1) is 6.35. The summed E-state index contributed by atoms with van der Waals surface area (Å²) in [6, 6.07) is 0.310. The highest BCUT2D eigenvalue weighted by atomic mass is 28.4. The standard InChI is InChI=1S/C9H19O4Si/c1-4-9(13-8(2)10)6-5-7-14(3,11)12/h5,9,11-12H,4,6-7H2,1-3H3. The van der Waals surface area contributed by atoms with Crippen molar-refractivity contribution in [2.24, 2.45) is 0 Å². The number of carbonyl (C=O) groups is 1. The second kappa shape index (κ2) is 6.16. The zero-order valence-corrected chi connectivity index (χ0v) is 9.99. The van der Waals surface area contributed by atoms with Crippen molar-refractivity contribution in [3.8, 4) is 0 Å². The monoisotopic (exact) mass is 219 g/mol. The van der Waals surface area contributed by atoms with Crippen LogP contribution >= 0.6 is 0 Å². The molecule has 4 nitrogen and oxygen atoms in total. The van der Waals surface area contributed by atoms with Crippen LogP contribution in [0.5, 0.6) is 0 Å². The molecule has 0 bridgehead atoms. The molecule has 1 radical (unpaired) electrons. The van der Waals surface area contributed by atoms with Crippen molar-refractivity contribution in [3.63, 3.8) is 0 Å². The second-order valence-corrected chi connectivity index (χ2v) is 6.43. The van der Waals surface area contributed by atoms with Gasteiger partial charge in [-0.2, -0.15) is 0 Å². The number of hydrogen-bond acceptors (Lipinski definition) is 4. The summed E-state index contributed by atoms with van der Waals surface area (Å²) in [5.41, 5.74) is 0. The molecule has 0 spiro atoms. The average molecular weight is 219 g/mol. The quantitative estimate of drug-likeness (QED) is 0.516. The van der Waals surface area contributed by atoms with Gasteiger partial charge in [0.05, 0.1) is 0 Å². The Bertz CT molecular complexity index is 176. The Kier molecular flexibility index (Phi) is 5.99. The summed E-state index contributed by atoms with van der Waals surface area (Å²) in [5.74, 6) is -0.293. The molecule has 0 aliphatic rings. The summed E-state index contributed by atoms with van der Waals surface area (Å²) in [6.45, 7) is 4.76. The van der Waals surface area contributed by atoms with Crippen LogP contribution in [0.1, 0.15) is 26.7 Å². The highest BCUT2D eigenvalue weighted by Crippen LogP contribution is 2.12. The maximum atomic E-state index is 10.6. The summed E-state index contributed by atoms with van der Waals surface area (Å²) in [6.07, 6.45) is 2.97. The molecule has 0 saturated heterocycles. The fourth-order valence-electron chi connectivity index (χ4n) is 1.08. The van der Waals surface area contributed by atoms with Gasteiger partial charge in [0.15, 0.2) is 0 Å². The summed E-state index contributed by atoms with van der Waals surface area (Å²) in [5, 5.41) is 0. The van der Waals surface area contributed by atoms with Crippen molar-refractivity contribution in [2.75, 3.05) is 0 Å². The van der Waals surface area contributed by atoms with Crippen LogP contribution in [0.3, 0.4) is 0 Å². The third kappa shape index (κ3) is 8.22. The summed E-state index contributed by atoms with van der Waals surface area (Å²) in [4.78, 5) is 28.9. The smallest absolute Gasteiger partial charge is 0.329 e. The van der Waals surface area contributed by atoms with Gasteiger partial charge in [0, 0.05) is 6.92 Å². The number of rotatable bonds is 6. The first-order valence-electron chi connectivity index (χ1n) is 4.78. The van der Waals surface area contributed by atoms with E-state index in [9.17, 15) is 4.79 Å². The average Bonchev–Trinajstić information content (AvgIpc) is 1.99. The second-order valence-electron chi connectivity index (χ2n) is 3.59. The Morgan fingerprint density at radius 1 is 1.57 bits per heavy atom. The lowest BCUT2D eigenvalue weighted by Crippen LogP contribution is -2.30. The summed E-state index contributed by atoms with van der Waals surface area (Å²) in [7, 11) is -2.97. The van der Waals surface area contributed by atoms with E-state index >= 15 is 0 Å². The van der Waals surface area contributed by atoms with Gasteiger partial charge in [-0.3, -0.25) is 4.79 Å². The van der Waals surface area contributed by atoms with Crippen molar-refractivity contribution in [1.82, 2.24) is 0 Å². The van der Waals surface area contributed by atoms with E-state index in [0.29, 0.717) is 12.5 Å². The van der Waals surface area contributed by atoms with E-state index < -0.39 is 8.56 Å². The van der Waals surface area contributed by atoms with Crippen LogP contribution in [0.15, 0.2) is 0 Å². The normalized spacial score (nSPS) is 13.8. The third-order valence-electron chi connectivity index (χ3n) is 1.75. The van der Waals surface area contributed by atoms with Crippen LogP contribution in [-0.2, 0) is 9.53 Å². The minimum Gasteiger partial charge on any atom is -0.463 e. The Labute approximate surface area is 86.1 Å². The molecule has 1 unspecified atom stereocenters. The maximum absolute atomic E-state index is 10.6. The lowest BCUT2D eigenvalue weighted by molar-refractivity contribution is -0.146. The lowest BCUT2D eigenvalue weighted by Gasteiger charge is -2.16. The summed E-state index contributed by atoms with van der Waals surface area (Å²) < 4.78 is 5.00. The molecular weight excluding hydrogens is 200 g/mol. The van der Waals surface area contributed by atoms with Crippen molar-refractivity contribution >= 4 is 14.5 Å². The van der Waals surface area contributed by atoms with E-state index in [1.165, 1.54) is 13.5 Å². The Hall–Kier alpha value is -0.393. The molecule has 2 N–H and O–H groups in total. The molecule has 0 rings (SSSR count). The Morgan fingerprint density at radius 3 is 2.50 bits per heavy atom. The molecule has 0 aliphatic carbocycles. The van der Waals surface area contributed by atoms with E-state index in [-0.39, 0.29) is 12.1 Å². The van der Waals surface area contributed by atoms with E-state index in [1.54, 1.807) is 6.42 Å². The topological polar surface area (TPSA) is 66.8 Å². The molecule has 0 aromatic carbocycles. The van der Waals surface area contributed by atoms with E-state index in [2.05, 4.69) is 0 Å². The minimum atomic E-state index is -2.97. The third-order valence-corrected chi connectivity index (χ3v) is 2.81. The molecular formula is C9H19O4Si. The molecule has 0 fully saturated rings. The Balaban J connectivity index is 3.68. The lowest BCUT2D eigenvalue weighted by atomic mass is 10.1. The van der Waals surface area contributed by atoms with E-state index in [4.69, 9.17) is 14.3 Å². The largest absolute Gasteiger partial charge is 0.463 e. The highest BCUT2D eigenvalue weighted by Gasteiger charge is 2.21. The van der Waals surface area contributed by atoms with Crippen LogP contribution in [0, 0.1) is 6.42 Å². The first-order valence-corrected chi connectivity index (χ1v) is 7.39. The van der Waals surface area contributed by atoms with Crippen molar-refractivity contribution in [3.05, 3.63) is 6.42 Å². The van der Waals surface area contributed by atoms with Gasteiger partial charge in [-0.15, -0.1) is 0 Å². The number of carbonyl (C=O) groups excluding carboxylic acids is 1. The first kappa shape index (κ1) is 13.6. The van der Waals surface area contributed by atoms with Gasteiger partial charge in [-0.05, 0) is 31.9 Å². The highest BCUT2D eigenvalue weighted by molar-refractivity contribution is 6.63. The van der Waals surface area contributed by atoms with Gasteiger partial charge >= 0.3 is 14.5 Å². The SMILES string of the molecule is CCC(C[CH]C[Si](C)(O)O)OC(C)=O. The minimum absolute atomic E-state index is 0.135. The van der Waals surface area contributed by atoms with Gasteiger partial charge < -0.3 is 14.3 Å². The van der Waals surface area contributed by atoms with Crippen LogP contribution in [0.4, 0.5) is 0 Å². The molecule has 0 heterocycles. The van der Waals surface area contributed by atoms with Gasteiger partial charge in [-0.1, -0.05) is 6.92 Å². The zero-order valence-electron chi connectivity index (χ0n) is 8.99. The van der Waals surface area contributed by atoms with E-state index in [0.717, 1.165) is 6.42 Å². The van der Waals surface area contributed by atoms with Crippen molar-refractivity contribution in [1.29, 1.82) is 0 Å². The zero-order chi connectivity index (χ0) is 11.2. The van der Waals surface area contributed by atoms with Gasteiger partial charge in [0.25, 0.3) is 0 Å². The molecule has 0 aromatic heterocycles. The van der Waals surface area contributed by atoms with Crippen LogP contribution in [0.2, 0.25) is 12.6 Å². The van der Waals surface area contributed by atoms with Crippen LogP contribution in [0.25, 0.3) is 0 Å². The van der Waals surface area contributed by atoms with Gasteiger partial charge in [0.1, 0.15) is 6.10 Å². The van der Waals surface area contributed by atoms with Gasteiger partial charge in [0.2, 0.25) is 0 Å². The maximum Gasteiger partial charge on any atom is 0.329 e. The fourth-order valence-corrected chi connectivity index (χ4v) is 1.79. The molecule has 0 aromatic rings. The van der Waals surface area contributed by atoms with Crippen LogP contribution < -0.4 is 0 Å². The van der Waals surface area contributed by atoms with Crippen LogP contribution in [-0.4, -0.2) is 30.2 Å². The summed E-state index contributed by atoms with van der Waals surface area (Å²) >= 11 is 0. The molecule has 5 heteroatoms. The van der Waals surface area contributed by atoms with Crippen molar-refractivity contribution in [2.45, 2.75) is 45.4 Å². The molecule has 0 aliphatic heterocycles. The molecule has 0 amide bonds. The molecule has 83 valence electrons. The number of hydrogen-bond donors (Lipinski definition) is 2. The predicted octanol–water partition coefficient (Wildman–Crippen LogP) is 0.979. The molecule has 1 atom stereocenters. The fraction of sp³-hybridized carbons (Fsp3) is 0.778. The molecule has 0 saturated carbocycles. The number of ether oxygens (including phenoxy) is 1. The van der Waals surface area contributed by atoms with Gasteiger partial charge in [-0.25, -0.2) is 0 Å². The Morgan fingerprint density at radius 2 is 2.14 bits per heavy atom. The van der Waals surface area contributed by atoms with Crippen molar-refractivity contribution < 1.29 is 19.1 Å². The van der Waals surface area contributed by atoms with E-state index in [1.807, 2.05) is 6.92 Å². The number of esters is 1. The molecule has 14 heavy (non-hydrogen) atoms.